The number of rotatable bonds is 4. The number of aliphatic carboxylic acids is 1. The number of carbonyl (C=O) groups is 2. The van der Waals surface area contributed by atoms with Crippen LogP contribution in [0.15, 0.2) is 30.3 Å². The van der Waals surface area contributed by atoms with Crippen LogP contribution in [0.3, 0.4) is 0 Å². The average molecular weight is 233 g/mol. The molecular formula is C13H15NO3. The number of carboxylic acid groups (broad SMARTS) is 1. The standard InChI is InChI=1S/C13H15NO3/c1-8(2)9-3-5-10(6-4-9)11(13(16)17)7-12(14)15/h3-8H,1-2H3,(H2,14,15)(H,16,17). The fourth-order valence-corrected chi connectivity index (χ4v) is 1.46. The van der Waals surface area contributed by atoms with Crippen molar-refractivity contribution >= 4 is 17.4 Å². The highest BCUT2D eigenvalue weighted by Gasteiger charge is 2.11. The van der Waals surface area contributed by atoms with Gasteiger partial charge in [0.1, 0.15) is 0 Å². The zero-order valence-corrected chi connectivity index (χ0v) is 9.81. The highest BCUT2D eigenvalue weighted by Crippen LogP contribution is 2.19. The van der Waals surface area contributed by atoms with Crippen LogP contribution >= 0.6 is 0 Å². The Bertz CT molecular complexity index is 458. The van der Waals surface area contributed by atoms with Crippen molar-refractivity contribution in [3.63, 3.8) is 0 Å². The summed E-state index contributed by atoms with van der Waals surface area (Å²) in [6.45, 7) is 4.10. The van der Waals surface area contributed by atoms with Gasteiger partial charge in [0, 0.05) is 6.08 Å². The molecule has 1 aromatic carbocycles. The minimum atomic E-state index is -1.17. The Labute approximate surface area is 99.8 Å². The van der Waals surface area contributed by atoms with Crippen molar-refractivity contribution < 1.29 is 14.7 Å². The molecule has 0 aliphatic carbocycles. The predicted octanol–water partition coefficient (Wildman–Crippen LogP) is 1.76. The lowest BCUT2D eigenvalue weighted by molar-refractivity contribution is -0.130. The Balaban J connectivity index is 3.13. The van der Waals surface area contributed by atoms with E-state index in [1.165, 1.54) is 0 Å². The third-order valence-corrected chi connectivity index (χ3v) is 2.41. The van der Waals surface area contributed by atoms with Crippen LogP contribution in [-0.4, -0.2) is 17.0 Å². The van der Waals surface area contributed by atoms with E-state index in [0.717, 1.165) is 11.6 Å². The van der Waals surface area contributed by atoms with Gasteiger partial charge in [0.25, 0.3) is 0 Å². The molecule has 90 valence electrons. The summed E-state index contributed by atoms with van der Waals surface area (Å²) in [5, 5.41) is 8.98. The van der Waals surface area contributed by atoms with Gasteiger partial charge in [-0.2, -0.15) is 0 Å². The van der Waals surface area contributed by atoms with E-state index in [9.17, 15) is 9.59 Å². The molecule has 1 rings (SSSR count). The van der Waals surface area contributed by atoms with Crippen molar-refractivity contribution in [2.75, 3.05) is 0 Å². The number of carboxylic acids is 1. The Kier molecular flexibility index (Phi) is 4.04. The topological polar surface area (TPSA) is 80.4 Å². The summed E-state index contributed by atoms with van der Waals surface area (Å²) in [5.74, 6) is -1.56. The molecular weight excluding hydrogens is 218 g/mol. The summed E-state index contributed by atoms with van der Waals surface area (Å²) in [6, 6.07) is 7.05. The Morgan fingerprint density at radius 1 is 1.24 bits per heavy atom. The third-order valence-electron chi connectivity index (χ3n) is 2.41. The minimum absolute atomic E-state index is 0.0900. The quantitative estimate of drug-likeness (QED) is 0.777. The average Bonchev–Trinajstić information content (AvgIpc) is 2.25. The van der Waals surface area contributed by atoms with Crippen LogP contribution in [0, 0.1) is 0 Å². The fourth-order valence-electron chi connectivity index (χ4n) is 1.46. The van der Waals surface area contributed by atoms with Crippen molar-refractivity contribution in [2.24, 2.45) is 5.73 Å². The zero-order valence-electron chi connectivity index (χ0n) is 9.81. The highest BCUT2D eigenvalue weighted by molar-refractivity contribution is 6.20. The lowest BCUT2D eigenvalue weighted by Crippen LogP contribution is -2.10. The van der Waals surface area contributed by atoms with E-state index in [4.69, 9.17) is 10.8 Å². The van der Waals surface area contributed by atoms with E-state index in [1.54, 1.807) is 12.1 Å². The Morgan fingerprint density at radius 3 is 2.12 bits per heavy atom. The molecule has 0 saturated carbocycles. The van der Waals surface area contributed by atoms with Crippen molar-refractivity contribution in [3.8, 4) is 0 Å². The first-order valence-electron chi connectivity index (χ1n) is 5.26. The second kappa shape index (κ2) is 5.30. The molecule has 0 spiro atoms. The first-order chi connectivity index (χ1) is 7.91. The van der Waals surface area contributed by atoms with Gasteiger partial charge in [0.15, 0.2) is 0 Å². The van der Waals surface area contributed by atoms with Gasteiger partial charge in [-0.25, -0.2) is 4.79 Å². The number of benzene rings is 1. The van der Waals surface area contributed by atoms with Gasteiger partial charge >= 0.3 is 5.97 Å². The molecule has 0 aliphatic rings. The van der Waals surface area contributed by atoms with Crippen LogP contribution in [0.5, 0.6) is 0 Å². The third kappa shape index (κ3) is 3.45. The predicted molar refractivity (Wildman–Crippen MR) is 65.3 cm³/mol. The number of hydrogen-bond donors (Lipinski definition) is 2. The zero-order chi connectivity index (χ0) is 13.0. The van der Waals surface area contributed by atoms with E-state index >= 15 is 0 Å². The van der Waals surface area contributed by atoms with Crippen molar-refractivity contribution in [1.82, 2.24) is 0 Å². The summed E-state index contributed by atoms with van der Waals surface area (Å²) < 4.78 is 0. The molecule has 4 heteroatoms. The van der Waals surface area contributed by atoms with Crippen LogP contribution in [0.2, 0.25) is 0 Å². The minimum Gasteiger partial charge on any atom is -0.478 e. The van der Waals surface area contributed by atoms with Gasteiger partial charge in [-0.15, -0.1) is 0 Å². The van der Waals surface area contributed by atoms with Gasteiger partial charge in [-0.1, -0.05) is 38.1 Å². The number of hydrogen-bond acceptors (Lipinski definition) is 2. The molecule has 0 aliphatic heterocycles. The normalized spacial score (nSPS) is 11.6. The maximum absolute atomic E-state index is 11.0. The molecule has 1 aromatic rings. The van der Waals surface area contributed by atoms with Crippen molar-refractivity contribution in [2.45, 2.75) is 19.8 Å². The molecule has 0 fully saturated rings. The van der Waals surface area contributed by atoms with Gasteiger partial charge < -0.3 is 10.8 Å². The van der Waals surface area contributed by atoms with E-state index < -0.39 is 11.9 Å². The molecule has 0 saturated heterocycles. The summed E-state index contributed by atoms with van der Waals surface area (Å²) in [5.41, 5.74) is 6.46. The maximum Gasteiger partial charge on any atom is 0.336 e. The molecule has 0 heterocycles. The van der Waals surface area contributed by atoms with Crippen LogP contribution < -0.4 is 5.73 Å². The number of amides is 1. The lowest BCUT2D eigenvalue weighted by atomic mass is 9.98. The summed E-state index contributed by atoms with van der Waals surface area (Å²) in [4.78, 5) is 21.7. The highest BCUT2D eigenvalue weighted by atomic mass is 16.4. The number of nitrogens with two attached hydrogens (primary N) is 1. The second-order valence-corrected chi connectivity index (χ2v) is 4.04. The van der Waals surface area contributed by atoms with Crippen LogP contribution in [0.1, 0.15) is 30.9 Å². The van der Waals surface area contributed by atoms with E-state index in [2.05, 4.69) is 0 Å². The molecule has 4 nitrogen and oxygen atoms in total. The molecule has 0 atom stereocenters. The van der Waals surface area contributed by atoms with Crippen molar-refractivity contribution in [1.29, 1.82) is 0 Å². The van der Waals surface area contributed by atoms with Gasteiger partial charge in [-0.05, 0) is 17.0 Å². The summed E-state index contributed by atoms with van der Waals surface area (Å²) in [7, 11) is 0. The van der Waals surface area contributed by atoms with Gasteiger partial charge in [-0.3, -0.25) is 4.79 Å². The summed E-state index contributed by atoms with van der Waals surface area (Å²) in [6.07, 6.45) is 0.923. The first-order valence-corrected chi connectivity index (χ1v) is 5.26. The number of carbonyl (C=O) groups excluding carboxylic acids is 1. The molecule has 0 aromatic heterocycles. The molecule has 17 heavy (non-hydrogen) atoms. The van der Waals surface area contributed by atoms with Crippen LogP contribution in [0.4, 0.5) is 0 Å². The molecule has 3 N–H and O–H groups in total. The fraction of sp³-hybridized carbons (Fsp3) is 0.231. The van der Waals surface area contributed by atoms with E-state index in [0.29, 0.717) is 11.5 Å². The Morgan fingerprint density at radius 2 is 1.76 bits per heavy atom. The Hall–Kier alpha value is -2.10. The van der Waals surface area contributed by atoms with Gasteiger partial charge in [0.05, 0.1) is 5.57 Å². The second-order valence-electron chi connectivity index (χ2n) is 4.04. The molecule has 0 radical (unpaired) electrons. The van der Waals surface area contributed by atoms with E-state index in [1.807, 2.05) is 26.0 Å². The largest absolute Gasteiger partial charge is 0.478 e. The monoisotopic (exact) mass is 233 g/mol. The SMILES string of the molecule is CC(C)c1ccc(C(=CC(N)=O)C(=O)O)cc1. The molecule has 1 amide bonds. The first kappa shape index (κ1) is 13.0. The molecule has 0 unspecified atom stereocenters. The summed E-state index contributed by atoms with van der Waals surface area (Å²) >= 11 is 0. The van der Waals surface area contributed by atoms with Gasteiger partial charge in [0.2, 0.25) is 5.91 Å². The lowest BCUT2D eigenvalue weighted by Gasteiger charge is -2.07. The van der Waals surface area contributed by atoms with Crippen molar-refractivity contribution in [3.05, 3.63) is 41.5 Å². The number of primary amides is 1. The molecule has 0 bridgehead atoms. The van der Waals surface area contributed by atoms with E-state index in [-0.39, 0.29) is 5.57 Å². The van der Waals surface area contributed by atoms with Crippen LogP contribution in [-0.2, 0) is 9.59 Å². The maximum atomic E-state index is 11.0. The van der Waals surface area contributed by atoms with Crippen LogP contribution in [0.25, 0.3) is 5.57 Å². The smallest absolute Gasteiger partial charge is 0.336 e.